The molecule has 1 aromatic heterocycles. The summed E-state index contributed by atoms with van der Waals surface area (Å²) in [4.78, 5) is 20.9. The van der Waals surface area contributed by atoms with E-state index in [4.69, 9.17) is 11.6 Å². The van der Waals surface area contributed by atoms with E-state index in [1.54, 1.807) is 18.2 Å². The third-order valence-corrected chi connectivity index (χ3v) is 4.39. The lowest BCUT2D eigenvalue weighted by molar-refractivity contribution is -0.115. The highest BCUT2D eigenvalue weighted by molar-refractivity contribution is 6.31. The maximum atomic E-state index is 13.8. The van der Waals surface area contributed by atoms with Crippen molar-refractivity contribution in [3.8, 4) is 0 Å². The van der Waals surface area contributed by atoms with Crippen LogP contribution in [0.2, 0.25) is 5.02 Å². The summed E-state index contributed by atoms with van der Waals surface area (Å²) in [6, 6.07) is 13.3. The number of hydrogen-bond donors (Lipinski definition) is 3. The van der Waals surface area contributed by atoms with Crippen molar-refractivity contribution in [1.82, 2.24) is 9.97 Å². The fraction of sp³-hybridized carbons (Fsp3) is 0.190. The van der Waals surface area contributed by atoms with Crippen molar-refractivity contribution in [3.05, 3.63) is 70.8 Å². The van der Waals surface area contributed by atoms with Gasteiger partial charge in [-0.2, -0.15) is 0 Å². The van der Waals surface area contributed by atoms with E-state index in [1.807, 2.05) is 32.0 Å². The van der Waals surface area contributed by atoms with Gasteiger partial charge in [0.15, 0.2) is 0 Å². The Bertz CT molecular complexity index is 990. The highest BCUT2D eigenvalue weighted by Gasteiger charge is 2.12. The van der Waals surface area contributed by atoms with Gasteiger partial charge in [0.2, 0.25) is 5.91 Å². The number of nitrogens with one attached hydrogen (secondary N) is 3. The predicted octanol–water partition coefficient (Wildman–Crippen LogP) is 4.93. The fourth-order valence-corrected chi connectivity index (χ4v) is 2.98. The van der Waals surface area contributed by atoms with Gasteiger partial charge in [-0.25, -0.2) is 14.4 Å². The van der Waals surface area contributed by atoms with E-state index in [2.05, 4.69) is 25.9 Å². The van der Waals surface area contributed by atoms with Crippen LogP contribution in [0.15, 0.2) is 48.5 Å². The molecule has 0 unspecified atom stereocenters. The summed E-state index contributed by atoms with van der Waals surface area (Å²) in [7, 11) is 0. The van der Waals surface area contributed by atoms with Crippen molar-refractivity contribution in [3.63, 3.8) is 0 Å². The lowest BCUT2D eigenvalue weighted by Crippen LogP contribution is -2.15. The topological polar surface area (TPSA) is 78.9 Å². The molecule has 3 N–H and O–H groups in total. The first-order valence-corrected chi connectivity index (χ1v) is 9.51. The zero-order valence-corrected chi connectivity index (χ0v) is 16.8. The predicted molar refractivity (Wildman–Crippen MR) is 114 cm³/mol. The molecule has 0 saturated carbocycles. The molecule has 3 aromatic rings. The molecule has 6 nitrogen and oxygen atoms in total. The molecule has 0 fully saturated rings. The van der Waals surface area contributed by atoms with Crippen LogP contribution in [0.4, 0.5) is 27.4 Å². The zero-order chi connectivity index (χ0) is 20.8. The van der Waals surface area contributed by atoms with Crippen LogP contribution >= 0.6 is 11.6 Å². The van der Waals surface area contributed by atoms with Gasteiger partial charge >= 0.3 is 0 Å². The van der Waals surface area contributed by atoms with Gasteiger partial charge in [0.05, 0.1) is 6.42 Å². The van der Waals surface area contributed by atoms with Crippen LogP contribution in [-0.4, -0.2) is 22.4 Å². The Morgan fingerprint density at radius 3 is 2.45 bits per heavy atom. The maximum Gasteiger partial charge on any atom is 0.228 e. The van der Waals surface area contributed by atoms with Crippen LogP contribution in [0.3, 0.4) is 0 Å². The van der Waals surface area contributed by atoms with Crippen molar-refractivity contribution in [1.29, 1.82) is 0 Å². The molecule has 29 heavy (non-hydrogen) atoms. The summed E-state index contributed by atoms with van der Waals surface area (Å²) in [5, 5.41) is 9.34. The lowest BCUT2D eigenvalue weighted by Gasteiger charge is -2.11. The summed E-state index contributed by atoms with van der Waals surface area (Å²) in [6.07, 6.45) is -0.140. The largest absolute Gasteiger partial charge is 0.370 e. The highest BCUT2D eigenvalue weighted by atomic mass is 35.5. The fourth-order valence-electron chi connectivity index (χ4n) is 2.76. The van der Waals surface area contributed by atoms with Crippen LogP contribution in [0.5, 0.6) is 0 Å². The molecule has 1 heterocycles. The third kappa shape index (κ3) is 5.65. The molecule has 1 amide bonds. The lowest BCUT2D eigenvalue weighted by atomic mass is 10.1. The average Bonchev–Trinajstić information content (AvgIpc) is 2.66. The van der Waals surface area contributed by atoms with E-state index < -0.39 is 5.82 Å². The Morgan fingerprint density at radius 2 is 1.76 bits per heavy atom. The van der Waals surface area contributed by atoms with Gasteiger partial charge in [0.1, 0.15) is 23.3 Å². The van der Waals surface area contributed by atoms with Crippen molar-refractivity contribution < 1.29 is 9.18 Å². The Morgan fingerprint density at radius 1 is 1.07 bits per heavy atom. The molecule has 8 heteroatoms. The molecule has 2 aromatic carbocycles. The van der Waals surface area contributed by atoms with Crippen LogP contribution in [0.1, 0.15) is 18.3 Å². The first-order chi connectivity index (χ1) is 13.9. The number of nitrogens with zero attached hydrogens (tertiary/aromatic N) is 2. The summed E-state index contributed by atoms with van der Waals surface area (Å²) in [6.45, 7) is 4.59. The smallest absolute Gasteiger partial charge is 0.228 e. The van der Waals surface area contributed by atoms with Crippen LogP contribution < -0.4 is 16.0 Å². The molecule has 0 aliphatic carbocycles. The summed E-state index contributed by atoms with van der Waals surface area (Å²) >= 11 is 5.97. The third-order valence-electron chi connectivity index (χ3n) is 4.04. The van der Waals surface area contributed by atoms with Gasteiger partial charge in [-0.05, 0) is 50.2 Å². The number of carbonyl (C=O) groups is 1. The van der Waals surface area contributed by atoms with E-state index in [0.717, 1.165) is 18.1 Å². The number of hydrogen-bond acceptors (Lipinski definition) is 5. The van der Waals surface area contributed by atoms with E-state index in [0.29, 0.717) is 17.3 Å². The molecule has 0 aliphatic rings. The van der Waals surface area contributed by atoms with Crippen molar-refractivity contribution in [2.45, 2.75) is 20.3 Å². The molecular weight excluding hydrogens is 393 g/mol. The van der Waals surface area contributed by atoms with E-state index in [-0.39, 0.29) is 22.9 Å². The Kier molecular flexibility index (Phi) is 6.61. The molecular formula is C21H21ClFN5O. The number of rotatable bonds is 7. The number of aryl methyl sites for hydroxylation is 1. The number of benzene rings is 2. The monoisotopic (exact) mass is 413 g/mol. The normalized spacial score (nSPS) is 10.5. The SMILES string of the molecule is CCNc1cc(Nc2ccc(NC(=O)Cc3c(F)cccc3Cl)cc2)nc(C)n1. The second kappa shape index (κ2) is 9.34. The Labute approximate surface area is 173 Å². The van der Waals surface area contributed by atoms with Crippen LogP contribution in [-0.2, 0) is 11.2 Å². The van der Waals surface area contributed by atoms with Crippen LogP contribution in [0.25, 0.3) is 0 Å². The van der Waals surface area contributed by atoms with Gasteiger partial charge in [-0.1, -0.05) is 17.7 Å². The van der Waals surface area contributed by atoms with E-state index in [9.17, 15) is 9.18 Å². The number of aromatic nitrogens is 2. The second-order valence-electron chi connectivity index (χ2n) is 6.34. The van der Waals surface area contributed by atoms with Gasteiger partial charge in [0, 0.05) is 34.6 Å². The zero-order valence-electron chi connectivity index (χ0n) is 16.1. The first-order valence-electron chi connectivity index (χ1n) is 9.14. The number of anilines is 4. The number of carbonyl (C=O) groups excluding carboxylic acids is 1. The quantitative estimate of drug-likeness (QED) is 0.511. The van der Waals surface area contributed by atoms with Gasteiger partial charge in [0.25, 0.3) is 0 Å². The van der Waals surface area contributed by atoms with Gasteiger partial charge in [-0.15, -0.1) is 0 Å². The molecule has 150 valence electrons. The molecule has 0 atom stereocenters. The molecule has 0 saturated heterocycles. The summed E-state index contributed by atoms with van der Waals surface area (Å²) in [5.41, 5.74) is 1.58. The van der Waals surface area contributed by atoms with E-state index >= 15 is 0 Å². The molecule has 0 spiro atoms. The summed E-state index contributed by atoms with van der Waals surface area (Å²) in [5.74, 6) is 1.22. The van der Waals surface area contributed by atoms with Crippen molar-refractivity contribution in [2.75, 3.05) is 22.5 Å². The standard InChI is InChI=1S/C21H21ClFN5O/c1-3-24-19-12-20(26-13(2)25-19)27-14-7-9-15(10-8-14)28-21(29)11-16-17(22)5-4-6-18(16)23/h4-10,12H,3,11H2,1-2H3,(H,28,29)(H2,24,25,26,27). The molecule has 0 bridgehead atoms. The number of amides is 1. The van der Waals surface area contributed by atoms with E-state index in [1.165, 1.54) is 12.1 Å². The maximum absolute atomic E-state index is 13.8. The van der Waals surface area contributed by atoms with Crippen molar-refractivity contribution in [2.24, 2.45) is 0 Å². The first kappa shape index (κ1) is 20.5. The average molecular weight is 414 g/mol. The Hall–Kier alpha value is -3.19. The Balaban J connectivity index is 1.64. The van der Waals surface area contributed by atoms with Gasteiger partial charge in [-0.3, -0.25) is 4.79 Å². The molecule has 3 rings (SSSR count). The minimum Gasteiger partial charge on any atom is -0.370 e. The van der Waals surface area contributed by atoms with Gasteiger partial charge < -0.3 is 16.0 Å². The minimum atomic E-state index is -0.496. The second-order valence-corrected chi connectivity index (χ2v) is 6.75. The minimum absolute atomic E-state index is 0.140. The highest BCUT2D eigenvalue weighted by Crippen LogP contribution is 2.22. The van der Waals surface area contributed by atoms with Crippen LogP contribution in [0, 0.1) is 12.7 Å². The molecule has 0 radical (unpaired) electrons. The number of halogens is 2. The van der Waals surface area contributed by atoms with Crippen molar-refractivity contribution >= 4 is 40.5 Å². The molecule has 0 aliphatic heterocycles. The summed E-state index contributed by atoms with van der Waals surface area (Å²) < 4.78 is 13.8.